The number of fused-ring (bicyclic) bond motifs is 2. The van der Waals surface area contributed by atoms with Gasteiger partial charge in [-0.1, -0.05) is 24.3 Å². The molecule has 2 aromatic rings. The molecule has 1 aliphatic heterocycles. The van der Waals surface area contributed by atoms with E-state index in [0.717, 1.165) is 36.2 Å². The zero-order valence-electron chi connectivity index (χ0n) is 18.1. The van der Waals surface area contributed by atoms with Gasteiger partial charge in [0.1, 0.15) is 6.61 Å². The van der Waals surface area contributed by atoms with E-state index in [0.29, 0.717) is 31.7 Å². The lowest BCUT2D eigenvalue weighted by Crippen LogP contribution is -2.29. The number of amides is 1. The summed E-state index contributed by atoms with van der Waals surface area (Å²) in [5.41, 5.74) is 5.73. The zero-order chi connectivity index (χ0) is 21.6. The molecule has 1 aliphatic carbocycles. The van der Waals surface area contributed by atoms with Crippen molar-refractivity contribution >= 4 is 11.9 Å². The number of nitrogens with zero attached hydrogens (tertiary/aromatic N) is 3. The summed E-state index contributed by atoms with van der Waals surface area (Å²) in [6.45, 7) is 1.59. The van der Waals surface area contributed by atoms with Crippen molar-refractivity contribution in [3.05, 3.63) is 64.7 Å². The van der Waals surface area contributed by atoms with Gasteiger partial charge in [0, 0.05) is 56.8 Å². The number of carbonyl (C=O) groups excluding carboxylic acids is 1. The van der Waals surface area contributed by atoms with Crippen LogP contribution in [0.25, 0.3) is 0 Å². The maximum Gasteiger partial charge on any atom is 0.249 e. The summed E-state index contributed by atoms with van der Waals surface area (Å²) in [4.78, 5) is 23.5. The first-order chi connectivity index (χ1) is 15.2. The highest BCUT2D eigenvalue weighted by Gasteiger charge is 2.26. The first-order valence-electron chi connectivity index (χ1n) is 10.7. The van der Waals surface area contributed by atoms with Crippen LogP contribution in [0, 0.1) is 0 Å². The number of ether oxygens (including phenoxy) is 1. The predicted molar refractivity (Wildman–Crippen MR) is 119 cm³/mol. The molecule has 2 aliphatic rings. The smallest absolute Gasteiger partial charge is 0.249 e. The summed E-state index contributed by atoms with van der Waals surface area (Å²) in [5.74, 6) is 0.611. The second-order valence-corrected chi connectivity index (χ2v) is 7.94. The minimum absolute atomic E-state index is 0.0256. The Morgan fingerprint density at radius 1 is 1.19 bits per heavy atom. The van der Waals surface area contributed by atoms with Crippen LogP contribution in [-0.4, -0.2) is 54.1 Å². The monoisotopic (exact) mass is 422 g/mol. The van der Waals surface area contributed by atoms with Crippen LogP contribution in [-0.2, 0) is 35.5 Å². The van der Waals surface area contributed by atoms with Crippen molar-refractivity contribution in [2.45, 2.75) is 38.4 Å². The molecule has 0 saturated heterocycles. The summed E-state index contributed by atoms with van der Waals surface area (Å²) < 4.78 is 5.58. The topological polar surface area (TPSA) is 91.4 Å². The van der Waals surface area contributed by atoms with Crippen LogP contribution in [0.5, 0.6) is 0 Å². The molecular weight excluding hydrogens is 392 g/mol. The van der Waals surface area contributed by atoms with Crippen molar-refractivity contribution in [3.63, 3.8) is 0 Å². The fourth-order valence-electron chi connectivity index (χ4n) is 4.12. The Hall–Kier alpha value is -3.13. The molecule has 0 radical (unpaired) electrons. The Morgan fingerprint density at radius 2 is 1.97 bits per heavy atom. The quantitative estimate of drug-likeness (QED) is 0.529. The molecule has 31 heavy (non-hydrogen) atoms. The Kier molecular flexibility index (Phi) is 6.66. The van der Waals surface area contributed by atoms with Crippen LogP contribution in [0.4, 0.5) is 5.95 Å². The van der Waals surface area contributed by atoms with Crippen molar-refractivity contribution in [1.82, 2.24) is 25.5 Å². The van der Waals surface area contributed by atoms with E-state index in [1.54, 1.807) is 4.90 Å². The molecule has 8 nitrogen and oxygen atoms in total. The third-order valence-corrected chi connectivity index (χ3v) is 5.77. The van der Waals surface area contributed by atoms with E-state index in [-0.39, 0.29) is 12.5 Å². The fourth-order valence-corrected chi connectivity index (χ4v) is 4.12. The van der Waals surface area contributed by atoms with Gasteiger partial charge in [-0.3, -0.25) is 4.79 Å². The SMILES string of the molecule is CN/C=C(/CCOCC(=O)N1Cc2cnc(NC3Cc4ccccc4C3)nc2C1)NC. The van der Waals surface area contributed by atoms with Gasteiger partial charge in [-0.15, -0.1) is 0 Å². The largest absolute Gasteiger partial charge is 0.393 e. The molecule has 1 amide bonds. The molecule has 2 heterocycles. The molecule has 8 heteroatoms. The lowest BCUT2D eigenvalue weighted by Gasteiger charge is -2.15. The summed E-state index contributed by atoms with van der Waals surface area (Å²) in [6, 6.07) is 8.84. The molecule has 164 valence electrons. The second kappa shape index (κ2) is 9.78. The van der Waals surface area contributed by atoms with E-state index in [4.69, 9.17) is 4.74 Å². The average molecular weight is 423 g/mol. The molecule has 0 saturated carbocycles. The van der Waals surface area contributed by atoms with Crippen molar-refractivity contribution in [3.8, 4) is 0 Å². The number of carbonyl (C=O) groups is 1. The van der Waals surface area contributed by atoms with Crippen LogP contribution >= 0.6 is 0 Å². The third-order valence-electron chi connectivity index (χ3n) is 5.77. The normalized spacial score (nSPS) is 15.5. The van der Waals surface area contributed by atoms with E-state index in [9.17, 15) is 4.79 Å². The average Bonchev–Trinajstić information content (AvgIpc) is 3.38. The van der Waals surface area contributed by atoms with Gasteiger partial charge in [0.15, 0.2) is 0 Å². The molecule has 1 aromatic heterocycles. The molecule has 0 spiro atoms. The first-order valence-corrected chi connectivity index (χ1v) is 10.7. The van der Waals surface area contributed by atoms with E-state index < -0.39 is 0 Å². The number of aromatic nitrogens is 2. The number of hydrogen-bond acceptors (Lipinski definition) is 7. The summed E-state index contributed by atoms with van der Waals surface area (Å²) in [7, 11) is 3.72. The minimum Gasteiger partial charge on any atom is -0.393 e. The Bertz CT molecular complexity index is 936. The molecule has 0 atom stereocenters. The lowest BCUT2D eigenvalue weighted by atomic mass is 10.1. The zero-order valence-corrected chi connectivity index (χ0v) is 18.1. The van der Waals surface area contributed by atoms with Gasteiger partial charge in [-0.25, -0.2) is 9.97 Å². The van der Waals surface area contributed by atoms with Gasteiger partial charge < -0.3 is 25.6 Å². The van der Waals surface area contributed by atoms with Gasteiger partial charge in [0.25, 0.3) is 0 Å². The first kappa shape index (κ1) is 21.1. The van der Waals surface area contributed by atoms with Crippen molar-refractivity contribution in [2.24, 2.45) is 0 Å². The molecule has 3 N–H and O–H groups in total. The van der Waals surface area contributed by atoms with Crippen LogP contribution < -0.4 is 16.0 Å². The van der Waals surface area contributed by atoms with E-state index in [1.807, 2.05) is 26.5 Å². The summed E-state index contributed by atoms with van der Waals surface area (Å²) in [6.07, 6.45) is 6.41. The predicted octanol–water partition coefficient (Wildman–Crippen LogP) is 1.58. The highest BCUT2D eigenvalue weighted by molar-refractivity contribution is 5.78. The maximum atomic E-state index is 12.5. The van der Waals surface area contributed by atoms with Crippen molar-refractivity contribution in [1.29, 1.82) is 0 Å². The fraction of sp³-hybridized carbons (Fsp3) is 0.435. The Labute approximate surface area is 183 Å². The molecule has 0 unspecified atom stereocenters. The molecule has 1 aromatic carbocycles. The second-order valence-electron chi connectivity index (χ2n) is 7.94. The highest BCUT2D eigenvalue weighted by Crippen LogP contribution is 2.25. The third kappa shape index (κ3) is 5.14. The standard InChI is InChI=1S/C23H30N6O2/c1-24-12-19(25-2)7-8-31-15-22(30)29-13-18-11-26-23(28-21(18)14-29)27-20-9-16-5-3-4-6-17(16)10-20/h3-6,11-12,20,24-25H,7-10,13-15H2,1-2H3,(H,26,27,28)/b19-12-. The van der Waals surface area contributed by atoms with Gasteiger partial charge in [-0.05, 0) is 24.0 Å². The van der Waals surface area contributed by atoms with E-state index in [1.165, 1.54) is 11.1 Å². The molecular formula is C23H30N6O2. The molecule has 4 rings (SSSR count). The van der Waals surface area contributed by atoms with Crippen molar-refractivity contribution < 1.29 is 9.53 Å². The van der Waals surface area contributed by atoms with Gasteiger partial charge >= 0.3 is 0 Å². The number of nitrogens with one attached hydrogen (secondary N) is 3. The summed E-state index contributed by atoms with van der Waals surface area (Å²) in [5, 5.41) is 9.54. The minimum atomic E-state index is -0.0256. The van der Waals surface area contributed by atoms with E-state index in [2.05, 4.69) is 50.2 Å². The molecule has 0 fully saturated rings. The molecule has 0 bridgehead atoms. The number of hydrogen-bond donors (Lipinski definition) is 3. The lowest BCUT2D eigenvalue weighted by molar-refractivity contribution is -0.136. The number of rotatable bonds is 9. The van der Waals surface area contributed by atoms with Crippen LogP contribution in [0.3, 0.4) is 0 Å². The van der Waals surface area contributed by atoms with E-state index >= 15 is 0 Å². The highest BCUT2D eigenvalue weighted by atomic mass is 16.5. The van der Waals surface area contributed by atoms with Crippen LogP contribution in [0.15, 0.2) is 42.4 Å². The Balaban J connectivity index is 1.26. The van der Waals surface area contributed by atoms with Gasteiger partial charge in [-0.2, -0.15) is 0 Å². The Morgan fingerprint density at radius 3 is 2.68 bits per heavy atom. The van der Waals surface area contributed by atoms with Crippen LogP contribution in [0.1, 0.15) is 28.8 Å². The van der Waals surface area contributed by atoms with Gasteiger partial charge in [0.05, 0.1) is 18.8 Å². The van der Waals surface area contributed by atoms with Gasteiger partial charge in [0.2, 0.25) is 11.9 Å². The number of benzene rings is 1. The number of anilines is 1. The maximum absolute atomic E-state index is 12.5. The van der Waals surface area contributed by atoms with Crippen LogP contribution in [0.2, 0.25) is 0 Å². The van der Waals surface area contributed by atoms with Crippen molar-refractivity contribution in [2.75, 3.05) is 32.6 Å². The summed E-state index contributed by atoms with van der Waals surface area (Å²) >= 11 is 0.